The molecule has 5 heteroatoms. The van der Waals surface area contributed by atoms with Gasteiger partial charge in [0.2, 0.25) is 0 Å². The van der Waals surface area contributed by atoms with Crippen LogP contribution < -0.4 is 5.32 Å². The second-order valence-corrected chi connectivity index (χ2v) is 3.77. The predicted molar refractivity (Wildman–Crippen MR) is 64.8 cm³/mol. The SMILES string of the molecule is Cc1cccc(NC(=O)c2ccoc2)c1C(=O)O. The van der Waals surface area contributed by atoms with Crippen LogP contribution >= 0.6 is 0 Å². The molecule has 0 aliphatic rings. The average molecular weight is 245 g/mol. The van der Waals surface area contributed by atoms with E-state index >= 15 is 0 Å². The van der Waals surface area contributed by atoms with Crippen LogP contribution in [-0.4, -0.2) is 17.0 Å². The van der Waals surface area contributed by atoms with Crippen molar-refractivity contribution in [3.05, 3.63) is 53.5 Å². The predicted octanol–water partition coefficient (Wildman–Crippen LogP) is 2.54. The highest BCUT2D eigenvalue weighted by atomic mass is 16.4. The van der Waals surface area contributed by atoms with Gasteiger partial charge in [-0.2, -0.15) is 0 Å². The first-order valence-electron chi connectivity index (χ1n) is 5.26. The Hall–Kier alpha value is -2.56. The summed E-state index contributed by atoms with van der Waals surface area (Å²) in [7, 11) is 0. The van der Waals surface area contributed by atoms with E-state index in [1.54, 1.807) is 25.1 Å². The fraction of sp³-hybridized carbons (Fsp3) is 0.0769. The number of rotatable bonds is 3. The molecule has 0 radical (unpaired) electrons. The number of carbonyl (C=O) groups excluding carboxylic acids is 1. The zero-order valence-electron chi connectivity index (χ0n) is 9.64. The van der Waals surface area contributed by atoms with E-state index in [0.717, 1.165) is 0 Å². The smallest absolute Gasteiger partial charge is 0.338 e. The van der Waals surface area contributed by atoms with Gasteiger partial charge in [-0.3, -0.25) is 4.79 Å². The number of hydrogen-bond donors (Lipinski definition) is 2. The first-order chi connectivity index (χ1) is 8.59. The van der Waals surface area contributed by atoms with Crippen LogP contribution in [0.4, 0.5) is 5.69 Å². The van der Waals surface area contributed by atoms with Crippen molar-refractivity contribution in [1.82, 2.24) is 0 Å². The molecule has 5 nitrogen and oxygen atoms in total. The van der Waals surface area contributed by atoms with Crippen LogP contribution in [0.3, 0.4) is 0 Å². The summed E-state index contributed by atoms with van der Waals surface area (Å²) in [6.07, 6.45) is 2.68. The van der Waals surface area contributed by atoms with Crippen molar-refractivity contribution in [1.29, 1.82) is 0 Å². The third-order valence-electron chi connectivity index (χ3n) is 2.52. The molecule has 1 aromatic carbocycles. The zero-order valence-corrected chi connectivity index (χ0v) is 9.64. The Labute approximate surface area is 103 Å². The van der Waals surface area contributed by atoms with Crippen LogP contribution in [0.1, 0.15) is 26.3 Å². The number of hydrogen-bond acceptors (Lipinski definition) is 3. The van der Waals surface area contributed by atoms with Crippen molar-refractivity contribution >= 4 is 17.6 Å². The van der Waals surface area contributed by atoms with Gasteiger partial charge in [-0.15, -0.1) is 0 Å². The van der Waals surface area contributed by atoms with E-state index in [0.29, 0.717) is 11.1 Å². The largest absolute Gasteiger partial charge is 0.478 e. The van der Waals surface area contributed by atoms with Crippen LogP contribution in [0.15, 0.2) is 41.2 Å². The molecule has 0 saturated heterocycles. The van der Waals surface area contributed by atoms with Crippen LogP contribution in [0.2, 0.25) is 0 Å². The van der Waals surface area contributed by atoms with Crippen LogP contribution in [-0.2, 0) is 0 Å². The van der Waals surface area contributed by atoms with Gasteiger partial charge in [0.25, 0.3) is 5.91 Å². The van der Waals surface area contributed by atoms with E-state index in [2.05, 4.69) is 5.32 Å². The number of carbonyl (C=O) groups is 2. The molecular formula is C13H11NO4. The maximum absolute atomic E-state index is 11.8. The molecule has 0 fully saturated rings. The summed E-state index contributed by atoms with van der Waals surface area (Å²) < 4.78 is 4.80. The highest BCUT2D eigenvalue weighted by Gasteiger charge is 2.15. The summed E-state index contributed by atoms with van der Waals surface area (Å²) in [6, 6.07) is 6.42. The number of carboxylic acid groups (broad SMARTS) is 1. The molecule has 1 amide bonds. The number of aromatic carboxylic acids is 1. The molecule has 0 aliphatic heterocycles. The molecule has 2 rings (SSSR count). The first-order valence-corrected chi connectivity index (χ1v) is 5.26. The van der Waals surface area contributed by atoms with Crippen molar-refractivity contribution in [2.24, 2.45) is 0 Å². The molecule has 1 heterocycles. The fourth-order valence-electron chi connectivity index (χ4n) is 1.64. The fourth-order valence-corrected chi connectivity index (χ4v) is 1.64. The molecule has 0 saturated carbocycles. The quantitative estimate of drug-likeness (QED) is 0.870. The van der Waals surface area contributed by atoms with Gasteiger partial charge in [0.15, 0.2) is 0 Å². The van der Waals surface area contributed by atoms with Gasteiger partial charge in [0, 0.05) is 0 Å². The Balaban J connectivity index is 2.32. The Kier molecular flexibility index (Phi) is 3.14. The van der Waals surface area contributed by atoms with Crippen molar-refractivity contribution in [3.63, 3.8) is 0 Å². The number of anilines is 1. The van der Waals surface area contributed by atoms with Gasteiger partial charge in [0.1, 0.15) is 6.26 Å². The third-order valence-corrected chi connectivity index (χ3v) is 2.52. The standard InChI is InChI=1S/C13H11NO4/c1-8-3-2-4-10(11(8)13(16)17)14-12(15)9-5-6-18-7-9/h2-7H,1H3,(H,14,15)(H,16,17). The number of benzene rings is 1. The van der Waals surface area contributed by atoms with E-state index in [9.17, 15) is 9.59 Å². The number of furan rings is 1. The highest BCUT2D eigenvalue weighted by molar-refractivity contribution is 6.07. The maximum Gasteiger partial charge on any atom is 0.338 e. The lowest BCUT2D eigenvalue weighted by atomic mass is 10.1. The molecule has 1 aromatic heterocycles. The van der Waals surface area contributed by atoms with E-state index in [1.165, 1.54) is 18.6 Å². The number of aryl methyl sites for hydroxylation is 1. The highest BCUT2D eigenvalue weighted by Crippen LogP contribution is 2.20. The van der Waals surface area contributed by atoms with Crippen molar-refractivity contribution in [3.8, 4) is 0 Å². The van der Waals surface area contributed by atoms with Crippen molar-refractivity contribution in [2.75, 3.05) is 5.32 Å². The summed E-state index contributed by atoms with van der Waals surface area (Å²) in [6.45, 7) is 1.68. The lowest BCUT2D eigenvalue weighted by molar-refractivity contribution is 0.0697. The third kappa shape index (κ3) is 2.24. The summed E-state index contributed by atoms with van der Waals surface area (Å²) >= 11 is 0. The number of nitrogens with one attached hydrogen (secondary N) is 1. The van der Waals surface area contributed by atoms with E-state index in [-0.39, 0.29) is 11.3 Å². The minimum absolute atomic E-state index is 0.0920. The molecule has 0 bridgehead atoms. The van der Waals surface area contributed by atoms with Gasteiger partial charge in [0.05, 0.1) is 23.1 Å². The molecule has 2 N–H and O–H groups in total. The summed E-state index contributed by atoms with van der Waals surface area (Å²) in [5, 5.41) is 11.7. The topological polar surface area (TPSA) is 79.5 Å². The molecule has 0 spiro atoms. The Morgan fingerprint density at radius 1 is 1.28 bits per heavy atom. The molecule has 0 atom stereocenters. The van der Waals surface area contributed by atoms with Crippen molar-refractivity contribution in [2.45, 2.75) is 6.92 Å². The zero-order chi connectivity index (χ0) is 13.1. The Morgan fingerprint density at radius 3 is 2.67 bits per heavy atom. The van der Waals surface area contributed by atoms with Crippen molar-refractivity contribution < 1.29 is 19.1 Å². The summed E-state index contributed by atoms with van der Waals surface area (Å²) in [4.78, 5) is 22.9. The van der Waals surface area contributed by atoms with Gasteiger partial charge in [-0.25, -0.2) is 4.79 Å². The second-order valence-electron chi connectivity index (χ2n) is 3.77. The maximum atomic E-state index is 11.8. The summed E-state index contributed by atoms with van der Waals surface area (Å²) in [5.74, 6) is -1.48. The van der Waals surface area contributed by atoms with Crippen LogP contribution in [0.25, 0.3) is 0 Å². The monoisotopic (exact) mass is 245 g/mol. The first kappa shape index (κ1) is 11.9. The minimum Gasteiger partial charge on any atom is -0.478 e. The Morgan fingerprint density at radius 2 is 2.06 bits per heavy atom. The molecule has 2 aromatic rings. The van der Waals surface area contributed by atoms with E-state index < -0.39 is 11.9 Å². The Bertz CT molecular complexity index is 587. The molecule has 92 valence electrons. The lowest BCUT2D eigenvalue weighted by Crippen LogP contribution is -2.14. The second kappa shape index (κ2) is 4.75. The minimum atomic E-state index is -1.07. The van der Waals surface area contributed by atoms with Gasteiger partial charge < -0.3 is 14.8 Å². The van der Waals surface area contributed by atoms with Gasteiger partial charge >= 0.3 is 5.97 Å². The number of amides is 1. The summed E-state index contributed by atoms with van der Waals surface area (Å²) in [5.41, 5.74) is 1.29. The van der Waals surface area contributed by atoms with Gasteiger partial charge in [-0.05, 0) is 24.6 Å². The average Bonchev–Trinajstić information content (AvgIpc) is 2.81. The molecular weight excluding hydrogens is 234 g/mol. The lowest BCUT2D eigenvalue weighted by Gasteiger charge is -2.09. The number of carboxylic acids is 1. The van der Waals surface area contributed by atoms with Gasteiger partial charge in [-0.1, -0.05) is 12.1 Å². The van der Waals surface area contributed by atoms with Crippen LogP contribution in [0, 0.1) is 6.92 Å². The normalized spacial score (nSPS) is 10.1. The molecule has 18 heavy (non-hydrogen) atoms. The van der Waals surface area contributed by atoms with Crippen LogP contribution in [0.5, 0.6) is 0 Å². The molecule has 0 aliphatic carbocycles. The molecule has 0 unspecified atom stereocenters. The van der Waals surface area contributed by atoms with E-state index in [1.807, 2.05) is 0 Å². The van der Waals surface area contributed by atoms with E-state index in [4.69, 9.17) is 9.52 Å².